The van der Waals surface area contributed by atoms with Gasteiger partial charge in [0, 0.05) is 22.1 Å². The van der Waals surface area contributed by atoms with Crippen molar-refractivity contribution in [2.45, 2.75) is 0 Å². The van der Waals surface area contributed by atoms with Gasteiger partial charge in [-0.3, -0.25) is 0 Å². The molecule has 0 fully saturated rings. The van der Waals surface area contributed by atoms with E-state index in [4.69, 9.17) is 4.42 Å². The summed E-state index contributed by atoms with van der Waals surface area (Å²) in [6.45, 7) is 0. The third kappa shape index (κ3) is 4.13. The minimum absolute atomic E-state index is 0.874. The molecule has 0 bridgehead atoms. The largest absolute Gasteiger partial charge is 0.454 e. The van der Waals surface area contributed by atoms with Crippen molar-refractivity contribution in [1.29, 1.82) is 0 Å². The number of furan rings is 1. The van der Waals surface area contributed by atoms with E-state index in [0.717, 1.165) is 39.0 Å². The molecule has 48 heavy (non-hydrogen) atoms. The van der Waals surface area contributed by atoms with Crippen LogP contribution in [0.2, 0.25) is 0 Å². The first-order valence-corrected chi connectivity index (χ1v) is 16.4. The maximum absolute atomic E-state index is 6.78. The van der Waals surface area contributed by atoms with Crippen molar-refractivity contribution in [1.82, 2.24) is 0 Å². The fourth-order valence-corrected chi connectivity index (χ4v) is 7.57. The molecule has 0 N–H and O–H groups in total. The lowest BCUT2D eigenvalue weighted by molar-refractivity contribution is 0.669. The molecule has 0 unspecified atom stereocenters. The Morgan fingerprint density at radius 2 is 0.958 bits per heavy atom. The molecule has 9 aromatic carbocycles. The number of anilines is 3. The molecule has 0 saturated carbocycles. The van der Waals surface area contributed by atoms with Crippen LogP contribution in [0.15, 0.2) is 180 Å². The first-order valence-electron chi connectivity index (χ1n) is 16.4. The molecular formula is C46H29NO. The van der Waals surface area contributed by atoms with Gasteiger partial charge in [-0.2, -0.15) is 0 Å². The predicted octanol–water partition coefficient (Wildman–Crippen LogP) is 13.3. The van der Waals surface area contributed by atoms with Crippen LogP contribution in [0.4, 0.5) is 17.1 Å². The number of hydrogen-bond acceptors (Lipinski definition) is 2. The van der Waals surface area contributed by atoms with Crippen molar-refractivity contribution < 1.29 is 4.42 Å². The zero-order chi connectivity index (χ0) is 31.6. The van der Waals surface area contributed by atoms with Crippen LogP contribution >= 0.6 is 0 Å². The van der Waals surface area contributed by atoms with Gasteiger partial charge in [-0.15, -0.1) is 0 Å². The minimum Gasteiger partial charge on any atom is -0.454 e. The van der Waals surface area contributed by atoms with Crippen molar-refractivity contribution in [3.63, 3.8) is 0 Å². The second kappa shape index (κ2) is 10.6. The minimum atomic E-state index is 0.874. The molecule has 0 spiro atoms. The maximum atomic E-state index is 6.78. The van der Waals surface area contributed by atoms with E-state index < -0.39 is 0 Å². The molecule has 0 atom stereocenters. The molecule has 10 rings (SSSR count). The lowest BCUT2D eigenvalue weighted by Crippen LogP contribution is -2.10. The highest BCUT2D eigenvalue weighted by atomic mass is 16.3. The van der Waals surface area contributed by atoms with Gasteiger partial charge in [-0.1, -0.05) is 140 Å². The van der Waals surface area contributed by atoms with Gasteiger partial charge in [-0.05, 0) is 90.6 Å². The normalized spacial score (nSPS) is 11.8. The number of para-hydroxylation sites is 1. The average molecular weight is 612 g/mol. The van der Waals surface area contributed by atoms with E-state index in [-0.39, 0.29) is 0 Å². The van der Waals surface area contributed by atoms with Crippen LogP contribution < -0.4 is 4.90 Å². The number of benzene rings is 9. The van der Waals surface area contributed by atoms with Crippen LogP contribution in [0.3, 0.4) is 0 Å². The highest BCUT2D eigenvalue weighted by Crippen LogP contribution is 2.45. The zero-order valence-electron chi connectivity index (χ0n) is 26.1. The van der Waals surface area contributed by atoms with Gasteiger partial charge < -0.3 is 9.32 Å². The lowest BCUT2D eigenvalue weighted by atomic mass is 9.96. The summed E-state index contributed by atoms with van der Waals surface area (Å²) in [7, 11) is 0. The number of fused-ring (bicyclic) bond motifs is 10. The molecule has 0 saturated heterocycles. The van der Waals surface area contributed by atoms with Gasteiger partial charge in [0.2, 0.25) is 0 Å². The first-order chi connectivity index (χ1) is 23.8. The molecule has 0 aliphatic carbocycles. The van der Waals surface area contributed by atoms with E-state index in [1.807, 2.05) is 0 Å². The van der Waals surface area contributed by atoms with E-state index >= 15 is 0 Å². The van der Waals surface area contributed by atoms with Crippen LogP contribution in [0, 0.1) is 0 Å². The van der Waals surface area contributed by atoms with Crippen molar-refractivity contribution in [3.05, 3.63) is 176 Å². The summed E-state index contributed by atoms with van der Waals surface area (Å²) in [6, 6.07) is 63.2. The summed E-state index contributed by atoms with van der Waals surface area (Å²) in [4.78, 5) is 2.35. The van der Waals surface area contributed by atoms with Crippen molar-refractivity contribution in [2.24, 2.45) is 0 Å². The fourth-order valence-electron chi connectivity index (χ4n) is 7.57. The van der Waals surface area contributed by atoms with Gasteiger partial charge in [0.25, 0.3) is 0 Å². The molecular weight excluding hydrogens is 583 g/mol. The number of nitrogens with zero attached hydrogens (tertiary/aromatic N) is 1. The quantitative estimate of drug-likeness (QED) is 0.184. The van der Waals surface area contributed by atoms with E-state index in [2.05, 4.69) is 181 Å². The Kier molecular flexibility index (Phi) is 5.91. The SMILES string of the molecule is c1ccc(-c2cccc(N(c3ccc4c(ccc5ccc6ccccc6c54)c3)c3cccc4c3oc3ccc5ccccc5c34)c2)cc1. The van der Waals surface area contributed by atoms with E-state index in [0.29, 0.717) is 0 Å². The summed E-state index contributed by atoms with van der Waals surface area (Å²) in [5, 5.41) is 12.2. The third-order valence-corrected chi connectivity index (χ3v) is 9.79. The molecule has 224 valence electrons. The fraction of sp³-hybridized carbons (Fsp3) is 0. The number of hydrogen-bond donors (Lipinski definition) is 0. The summed E-state index contributed by atoms with van der Waals surface area (Å²) in [5.41, 5.74) is 7.27. The maximum Gasteiger partial charge on any atom is 0.159 e. The van der Waals surface area contributed by atoms with Gasteiger partial charge in [-0.25, -0.2) is 0 Å². The Morgan fingerprint density at radius 1 is 0.354 bits per heavy atom. The highest BCUT2D eigenvalue weighted by molar-refractivity contribution is 6.22. The molecule has 0 amide bonds. The smallest absolute Gasteiger partial charge is 0.159 e. The second-order valence-electron chi connectivity index (χ2n) is 12.5. The first kappa shape index (κ1) is 26.8. The molecule has 0 aliphatic rings. The van der Waals surface area contributed by atoms with Crippen molar-refractivity contribution in [3.8, 4) is 11.1 Å². The van der Waals surface area contributed by atoms with Gasteiger partial charge in [0.05, 0.1) is 5.69 Å². The van der Waals surface area contributed by atoms with Gasteiger partial charge in [0.1, 0.15) is 5.58 Å². The molecule has 2 heteroatoms. The number of rotatable bonds is 4. The van der Waals surface area contributed by atoms with Crippen LogP contribution in [0.25, 0.3) is 76.2 Å². The summed E-state index contributed by atoms with van der Waals surface area (Å²) in [6.07, 6.45) is 0. The Labute approximate surface area is 277 Å². The van der Waals surface area contributed by atoms with Gasteiger partial charge in [0.15, 0.2) is 5.58 Å². The highest BCUT2D eigenvalue weighted by Gasteiger charge is 2.21. The molecule has 1 heterocycles. The second-order valence-corrected chi connectivity index (χ2v) is 12.5. The molecule has 2 nitrogen and oxygen atoms in total. The van der Waals surface area contributed by atoms with Crippen LogP contribution in [-0.4, -0.2) is 0 Å². The lowest BCUT2D eigenvalue weighted by Gasteiger charge is -2.26. The van der Waals surface area contributed by atoms with Crippen molar-refractivity contribution in [2.75, 3.05) is 4.90 Å². The van der Waals surface area contributed by atoms with Crippen LogP contribution in [0.5, 0.6) is 0 Å². The van der Waals surface area contributed by atoms with E-state index in [1.54, 1.807) is 0 Å². The topological polar surface area (TPSA) is 16.4 Å². The van der Waals surface area contributed by atoms with Crippen LogP contribution in [-0.2, 0) is 0 Å². The Bertz CT molecular complexity index is 2850. The molecule has 0 radical (unpaired) electrons. The van der Waals surface area contributed by atoms with E-state index in [9.17, 15) is 0 Å². The molecule has 10 aromatic rings. The standard InChI is InChI=1S/C46H29NO/c1-2-10-30(11-3-1)34-14-8-15-36(28-34)47(42-19-9-18-41-45-39-17-7-5-13-32(39)24-27-43(45)48-46(41)42)37-25-26-40-35(29-37)23-22-33-21-20-31-12-4-6-16-38(31)44(33)40/h1-29H. The zero-order valence-corrected chi connectivity index (χ0v) is 26.1. The Balaban J connectivity index is 1.25. The molecule has 1 aromatic heterocycles. The van der Waals surface area contributed by atoms with Crippen LogP contribution in [0.1, 0.15) is 0 Å². The van der Waals surface area contributed by atoms with E-state index in [1.165, 1.54) is 54.2 Å². The van der Waals surface area contributed by atoms with Gasteiger partial charge >= 0.3 is 0 Å². The molecule has 0 aliphatic heterocycles. The summed E-state index contributed by atoms with van der Waals surface area (Å²) < 4.78 is 6.78. The Hall–Kier alpha value is -6.38. The summed E-state index contributed by atoms with van der Waals surface area (Å²) in [5.74, 6) is 0. The predicted molar refractivity (Wildman–Crippen MR) is 204 cm³/mol. The Morgan fingerprint density at radius 3 is 1.79 bits per heavy atom. The third-order valence-electron chi connectivity index (χ3n) is 9.79. The van der Waals surface area contributed by atoms with Crippen molar-refractivity contribution >= 4 is 82.1 Å². The monoisotopic (exact) mass is 611 g/mol. The average Bonchev–Trinajstić information content (AvgIpc) is 3.55. The summed E-state index contributed by atoms with van der Waals surface area (Å²) >= 11 is 0.